The fourth-order valence-corrected chi connectivity index (χ4v) is 2.68. The van der Waals surface area contributed by atoms with E-state index in [1.54, 1.807) is 38.1 Å². The van der Waals surface area contributed by atoms with Crippen molar-refractivity contribution in [2.75, 3.05) is 19.8 Å². The van der Waals surface area contributed by atoms with Gasteiger partial charge in [0, 0.05) is 28.5 Å². The number of nitrogens with one attached hydrogen (secondary N) is 3. The van der Waals surface area contributed by atoms with Gasteiger partial charge in [0.05, 0.1) is 6.61 Å². The SMILES string of the molecule is CCOC(=O)CNC(=O)C(NC(=O)c1cc2cc(Cl)ccc2[nH]1)[C@H](C)CO. The molecule has 9 heteroatoms. The van der Waals surface area contributed by atoms with Crippen molar-refractivity contribution in [2.24, 2.45) is 5.92 Å². The molecule has 2 amide bonds. The molecule has 1 heterocycles. The Bertz CT molecular complexity index is 836. The van der Waals surface area contributed by atoms with Gasteiger partial charge in [0.25, 0.3) is 5.91 Å². The highest BCUT2D eigenvalue weighted by atomic mass is 35.5. The zero-order valence-electron chi connectivity index (χ0n) is 15.0. The number of ether oxygens (including phenoxy) is 1. The minimum absolute atomic E-state index is 0.201. The maximum atomic E-state index is 12.5. The number of hydrogen-bond donors (Lipinski definition) is 4. The largest absolute Gasteiger partial charge is 0.465 e. The molecule has 0 saturated heterocycles. The first-order valence-electron chi connectivity index (χ1n) is 8.49. The molecule has 4 N–H and O–H groups in total. The lowest BCUT2D eigenvalue weighted by Crippen LogP contribution is -2.52. The number of aromatic amines is 1. The molecule has 0 aliphatic rings. The molecule has 0 bridgehead atoms. The maximum Gasteiger partial charge on any atom is 0.325 e. The first-order valence-corrected chi connectivity index (χ1v) is 8.86. The fraction of sp³-hybridized carbons (Fsp3) is 0.389. The van der Waals surface area contributed by atoms with Crippen LogP contribution in [0.25, 0.3) is 10.9 Å². The molecule has 0 aliphatic heterocycles. The van der Waals surface area contributed by atoms with Gasteiger partial charge in [-0.05, 0) is 31.2 Å². The Morgan fingerprint density at radius 3 is 2.70 bits per heavy atom. The van der Waals surface area contributed by atoms with E-state index >= 15 is 0 Å². The number of hydrogen-bond acceptors (Lipinski definition) is 5. The summed E-state index contributed by atoms with van der Waals surface area (Å²) in [4.78, 5) is 39.3. The Morgan fingerprint density at radius 2 is 2.04 bits per heavy atom. The number of rotatable bonds is 8. The summed E-state index contributed by atoms with van der Waals surface area (Å²) in [5, 5.41) is 15.7. The number of benzene rings is 1. The van der Waals surface area contributed by atoms with E-state index in [0.717, 1.165) is 10.9 Å². The second-order valence-corrected chi connectivity index (χ2v) is 6.48. The average Bonchev–Trinajstić information content (AvgIpc) is 3.06. The van der Waals surface area contributed by atoms with Crippen LogP contribution in [0.2, 0.25) is 5.02 Å². The van der Waals surface area contributed by atoms with Gasteiger partial charge in [-0.25, -0.2) is 0 Å². The Balaban J connectivity index is 2.10. The number of halogens is 1. The van der Waals surface area contributed by atoms with Gasteiger partial charge in [-0.15, -0.1) is 0 Å². The number of fused-ring (bicyclic) bond motifs is 1. The standard InChI is InChI=1S/C18H22ClN3O5/c1-3-27-15(24)8-20-18(26)16(10(2)9-23)22-17(25)14-7-11-6-12(19)4-5-13(11)21-14/h4-7,10,16,21,23H,3,8-9H2,1-2H3,(H,20,26)(H,22,25)/t10-,16?/m1/s1. The quantitative estimate of drug-likeness (QED) is 0.501. The molecule has 0 radical (unpaired) electrons. The summed E-state index contributed by atoms with van der Waals surface area (Å²) in [7, 11) is 0. The highest BCUT2D eigenvalue weighted by Gasteiger charge is 2.27. The first kappa shape index (κ1) is 20.7. The van der Waals surface area contributed by atoms with Crippen molar-refractivity contribution in [1.29, 1.82) is 0 Å². The van der Waals surface area contributed by atoms with Gasteiger partial charge in [-0.2, -0.15) is 0 Å². The number of aromatic nitrogens is 1. The summed E-state index contributed by atoms with van der Waals surface area (Å²) in [6.45, 7) is 2.83. The van der Waals surface area contributed by atoms with Crippen LogP contribution in [-0.2, 0) is 14.3 Å². The molecular formula is C18H22ClN3O5. The number of aliphatic hydroxyl groups excluding tert-OH is 1. The molecule has 2 atom stereocenters. The van der Waals surface area contributed by atoms with Gasteiger partial charge in [0.15, 0.2) is 0 Å². The van der Waals surface area contributed by atoms with E-state index in [0.29, 0.717) is 5.02 Å². The molecule has 0 spiro atoms. The zero-order chi connectivity index (χ0) is 20.0. The van der Waals surface area contributed by atoms with Crippen molar-refractivity contribution in [3.8, 4) is 0 Å². The van der Waals surface area contributed by atoms with Crippen molar-refractivity contribution in [3.05, 3.63) is 35.0 Å². The van der Waals surface area contributed by atoms with Crippen LogP contribution >= 0.6 is 11.6 Å². The molecule has 1 unspecified atom stereocenters. The third-order valence-electron chi connectivity index (χ3n) is 3.97. The highest BCUT2D eigenvalue weighted by Crippen LogP contribution is 2.20. The summed E-state index contributed by atoms with van der Waals surface area (Å²) < 4.78 is 4.75. The Labute approximate surface area is 161 Å². The number of carbonyl (C=O) groups excluding carboxylic acids is 3. The first-order chi connectivity index (χ1) is 12.8. The van der Waals surface area contributed by atoms with Gasteiger partial charge in [-0.3, -0.25) is 14.4 Å². The van der Waals surface area contributed by atoms with Crippen LogP contribution in [0.3, 0.4) is 0 Å². The predicted molar refractivity (Wildman–Crippen MR) is 100 cm³/mol. The third kappa shape index (κ3) is 5.45. The molecule has 0 fully saturated rings. The van der Waals surface area contributed by atoms with Crippen LogP contribution in [0, 0.1) is 5.92 Å². The molecule has 27 heavy (non-hydrogen) atoms. The van der Waals surface area contributed by atoms with Crippen molar-refractivity contribution < 1.29 is 24.2 Å². The summed E-state index contributed by atoms with van der Waals surface area (Å²) in [6, 6.07) is 5.75. The number of amides is 2. The number of carbonyl (C=O) groups is 3. The third-order valence-corrected chi connectivity index (χ3v) is 4.20. The molecular weight excluding hydrogens is 374 g/mol. The lowest BCUT2D eigenvalue weighted by atomic mass is 10.0. The van der Waals surface area contributed by atoms with Crippen LogP contribution in [0.5, 0.6) is 0 Å². The summed E-state index contributed by atoms with van der Waals surface area (Å²) >= 11 is 5.94. The van der Waals surface area contributed by atoms with Crippen molar-refractivity contribution >= 4 is 40.3 Å². The average molecular weight is 396 g/mol. The Morgan fingerprint density at radius 1 is 1.30 bits per heavy atom. The van der Waals surface area contributed by atoms with E-state index < -0.39 is 29.7 Å². The Hall–Kier alpha value is -2.58. The van der Waals surface area contributed by atoms with Crippen molar-refractivity contribution in [1.82, 2.24) is 15.6 Å². The molecule has 1 aromatic carbocycles. The van der Waals surface area contributed by atoms with Crippen molar-refractivity contribution in [3.63, 3.8) is 0 Å². The summed E-state index contributed by atoms with van der Waals surface area (Å²) in [5.74, 6) is -2.24. The van der Waals surface area contributed by atoms with Gasteiger partial charge >= 0.3 is 5.97 Å². The van der Waals surface area contributed by atoms with Crippen LogP contribution in [0.15, 0.2) is 24.3 Å². The number of esters is 1. The summed E-state index contributed by atoms with van der Waals surface area (Å²) in [6.07, 6.45) is 0. The van der Waals surface area contributed by atoms with E-state index in [-0.39, 0.29) is 25.5 Å². The monoisotopic (exact) mass is 395 g/mol. The van der Waals surface area contributed by atoms with E-state index in [1.807, 2.05) is 0 Å². The molecule has 146 valence electrons. The van der Waals surface area contributed by atoms with Gasteiger partial charge < -0.3 is 25.5 Å². The topological polar surface area (TPSA) is 121 Å². The molecule has 0 aliphatic carbocycles. The second-order valence-electron chi connectivity index (χ2n) is 6.05. The van der Waals surface area contributed by atoms with E-state index in [1.165, 1.54) is 0 Å². The smallest absolute Gasteiger partial charge is 0.325 e. The predicted octanol–water partition coefficient (Wildman–Crippen LogP) is 1.23. The highest BCUT2D eigenvalue weighted by molar-refractivity contribution is 6.31. The minimum atomic E-state index is -1.02. The van der Waals surface area contributed by atoms with E-state index in [4.69, 9.17) is 16.3 Å². The maximum absolute atomic E-state index is 12.5. The van der Waals surface area contributed by atoms with Crippen LogP contribution in [0.1, 0.15) is 24.3 Å². The lowest BCUT2D eigenvalue weighted by Gasteiger charge is -2.22. The van der Waals surface area contributed by atoms with Gasteiger partial charge in [0.2, 0.25) is 5.91 Å². The fourth-order valence-electron chi connectivity index (χ4n) is 2.50. The van der Waals surface area contributed by atoms with E-state index in [2.05, 4.69) is 15.6 Å². The lowest BCUT2D eigenvalue weighted by molar-refractivity contribution is -0.143. The van der Waals surface area contributed by atoms with E-state index in [9.17, 15) is 19.5 Å². The summed E-state index contributed by atoms with van der Waals surface area (Å²) in [5.41, 5.74) is 0.976. The normalized spacial score (nSPS) is 13.0. The van der Waals surface area contributed by atoms with Gasteiger partial charge in [0.1, 0.15) is 18.3 Å². The van der Waals surface area contributed by atoms with Crippen LogP contribution in [0.4, 0.5) is 0 Å². The van der Waals surface area contributed by atoms with Crippen LogP contribution in [-0.4, -0.2) is 53.7 Å². The molecule has 2 aromatic rings. The minimum Gasteiger partial charge on any atom is -0.465 e. The van der Waals surface area contributed by atoms with Gasteiger partial charge in [-0.1, -0.05) is 18.5 Å². The molecule has 1 aromatic heterocycles. The second kappa shape index (κ2) is 9.38. The molecule has 0 saturated carbocycles. The molecule has 8 nitrogen and oxygen atoms in total. The van der Waals surface area contributed by atoms with Crippen molar-refractivity contribution in [2.45, 2.75) is 19.9 Å². The van der Waals surface area contributed by atoms with Crippen LogP contribution < -0.4 is 10.6 Å². The molecule has 2 rings (SSSR count). The Kier molecular flexibility index (Phi) is 7.20. The number of H-pyrrole nitrogens is 1. The number of aliphatic hydroxyl groups is 1. The zero-order valence-corrected chi connectivity index (χ0v) is 15.8.